The van der Waals surface area contributed by atoms with Crippen LogP contribution < -0.4 is 0 Å². The number of aryl methyl sites for hydroxylation is 1. The van der Waals surface area contributed by atoms with E-state index in [1.807, 2.05) is 30.3 Å². The molecule has 0 fully saturated rings. The molecule has 2 aromatic rings. The van der Waals surface area contributed by atoms with E-state index < -0.39 is 0 Å². The second kappa shape index (κ2) is 5.03. The van der Waals surface area contributed by atoms with Crippen molar-refractivity contribution < 1.29 is 0 Å². The number of rotatable bonds is 0. The monoisotopic (exact) mass is 338 g/mol. The van der Waals surface area contributed by atoms with Gasteiger partial charge in [0.2, 0.25) is 0 Å². The molecule has 1 aromatic carbocycles. The molecule has 1 aromatic heterocycles. The van der Waals surface area contributed by atoms with Crippen LogP contribution in [0, 0.1) is 29.3 Å². The smallest absolute Gasteiger partial charge is 0.0815 e. The number of thiophene rings is 1. The Labute approximate surface area is 114 Å². The third kappa shape index (κ3) is 2.47. The molecule has 1 heterocycles. The number of benzene rings is 1. The van der Waals surface area contributed by atoms with Gasteiger partial charge in [0.1, 0.15) is 0 Å². The Balaban J connectivity index is 2.35. The minimum absolute atomic E-state index is 1.07. The van der Waals surface area contributed by atoms with Crippen molar-refractivity contribution in [3.63, 3.8) is 0 Å². The van der Waals surface area contributed by atoms with Crippen molar-refractivity contribution in [3.05, 3.63) is 54.8 Å². The van der Waals surface area contributed by atoms with Crippen LogP contribution in [0.2, 0.25) is 0 Å². The van der Waals surface area contributed by atoms with E-state index in [0.29, 0.717) is 0 Å². The highest BCUT2D eigenvalue weighted by Gasteiger charge is 2.06. The van der Waals surface area contributed by atoms with Gasteiger partial charge in [-0.3, -0.25) is 0 Å². The number of hydrogen-bond acceptors (Lipinski definition) is 1. The molecule has 2 heteroatoms. The van der Waals surface area contributed by atoms with Crippen molar-refractivity contribution in [1.82, 2.24) is 0 Å². The average Bonchev–Trinajstić information content (AvgIpc) is 2.56. The van der Waals surface area contributed by atoms with Crippen LogP contribution in [0.3, 0.4) is 0 Å². The molecule has 0 radical (unpaired) electrons. The maximum atomic E-state index is 3.25. The van der Waals surface area contributed by atoms with Gasteiger partial charge in [0, 0.05) is 14.0 Å². The van der Waals surface area contributed by atoms with Crippen molar-refractivity contribution in [3.8, 4) is 11.8 Å². The van der Waals surface area contributed by atoms with Crippen LogP contribution in [0.5, 0.6) is 0 Å². The molecule has 0 unspecified atom stereocenters. The van der Waals surface area contributed by atoms with Crippen LogP contribution >= 0.6 is 33.9 Å². The summed E-state index contributed by atoms with van der Waals surface area (Å²) in [7, 11) is 0. The van der Waals surface area contributed by atoms with Gasteiger partial charge in [-0.05, 0) is 54.1 Å². The van der Waals surface area contributed by atoms with E-state index in [9.17, 15) is 0 Å². The van der Waals surface area contributed by atoms with Gasteiger partial charge in [-0.25, -0.2) is 0 Å². The van der Waals surface area contributed by atoms with Gasteiger partial charge in [-0.1, -0.05) is 30.0 Å². The topological polar surface area (TPSA) is 0 Å². The molecule has 80 valence electrons. The molecule has 0 saturated carbocycles. The average molecular weight is 338 g/mol. The van der Waals surface area contributed by atoms with E-state index in [-0.39, 0.29) is 0 Å². The molecular formula is C14H11IS. The van der Waals surface area contributed by atoms with Crippen LogP contribution in [0.15, 0.2) is 30.3 Å². The zero-order valence-electron chi connectivity index (χ0n) is 9.17. The van der Waals surface area contributed by atoms with E-state index in [1.54, 1.807) is 11.3 Å². The van der Waals surface area contributed by atoms with E-state index >= 15 is 0 Å². The Morgan fingerprint density at radius 1 is 1.06 bits per heavy atom. The molecular weight excluding hydrogens is 327 g/mol. The van der Waals surface area contributed by atoms with E-state index in [0.717, 1.165) is 5.56 Å². The summed E-state index contributed by atoms with van der Waals surface area (Å²) < 4.78 is 1.35. The molecule has 0 saturated heterocycles. The molecule has 0 aliphatic heterocycles. The first-order valence-corrected chi connectivity index (χ1v) is 6.90. The van der Waals surface area contributed by atoms with Gasteiger partial charge in [0.25, 0.3) is 0 Å². The molecule has 0 aliphatic carbocycles. The summed E-state index contributed by atoms with van der Waals surface area (Å²) in [5, 5.41) is 0. The number of halogens is 1. The molecule has 2 rings (SSSR count). The van der Waals surface area contributed by atoms with Gasteiger partial charge in [0.05, 0.1) is 4.88 Å². The Morgan fingerprint density at radius 2 is 1.75 bits per heavy atom. The molecule has 0 nitrogen and oxygen atoms in total. The quantitative estimate of drug-likeness (QED) is 0.494. The predicted octanol–water partition coefficient (Wildman–Crippen LogP) is 4.37. The lowest BCUT2D eigenvalue weighted by atomic mass is 10.2. The van der Waals surface area contributed by atoms with Crippen molar-refractivity contribution in [2.24, 2.45) is 0 Å². The summed E-state index contributed by atoms with van der Waals surface area (Å²) in [4.78, 5) is 2.54. The fraction of sp³-hybridized carbons (Fsp3) is 0.143. The van der Waals surface area contributed by atoms with Gasteiger partial charge < -0.3 is 0 Å². The molecule has 0 N–H and O–H groups in total. The van der Waals surface area contributed by atoms with Gasteiger partial charge in [-0.2, -0.15) is 0 Å². The third-order valence-electron chi connectivity index (χ3n) is 2.33. The lowest BCUT2D eigenvalue weighted by molar-refractivity contribution is 1.44. The van der Waals surface area contributed by atoms with Crippen LogP contribution in [0.4, 0.5) is 0 Å². The molecule has 0 bridgehead atoms. The first kappa shape index (κ1) is 11.7. The van der Waals surface area contributed by atoms with Crippen molar-refractivity contribution in [1.29, 1.82) is 0 Å². The minimum Gasteiger partial charge on any atom is -0.131 e. The Morgan fingerprint density at radius 3 is 2.31 bits per heavy atom. The fourth-order valence-electron chi connectivity index (χ4n) is 1.41. The summed E-state index contributed by atoms with van der Waals surface area (Å²) >= 11 is 4.17. The van der Waals surface area contributed by atoms with E-state index in [1.165, 1.54) is 18.9 Å². The largest absolute Gasteiger partial charge is 0.131 e. The standard InChI is InChI=1S/C14H11IS/c1-10-13(16-11(2)14(10)15)9-8-12-6-4-3-5-7-12/h3-7H,1-2H3. The summed E-state index contributed by atoms with van der Waals surface area (Å²) in [6.45, 7) is 4.29. The summed E-state index contributed by atoms with van der Waals surface area (Å²) in [5.74, 6) is 6.45. The zero-order chi connectivity index (χ0) is 11.5. The molecule has 16 heavy (non-hydrogen) atoms. The molecule has 0 amide bonds. The zero-order valence-corrected chi connectivity index (χ0v) is 12.1. The van der Waals surface area contributed by atoms with E-state index in [2.05, 4.69) is 48.3 Å². The Kier molecular flexibility index (Phi) is 3.67. The number of hydrogen-bond donors (Lipinski definition) is 0. The minimum atomic E-state index is 1.07. The van der Waals surface area contributed by atoms with Crippen LogP contribution in [0.1, 0.15) is 20.9 Å². The first-order valence-electron chi connectivity index (χ1n) is 5.01. The van der Waals surface area contributed by atoms with Crippen molar-refractivity contribution in [2.45, 2.75) is 13.8 Å². The highest BCUT2D eigenvalue weighted by Crippen LogP contribution is 2.27. The molecule has 0 atom stereocenters. The lowest BCUT2D eigenvalue weighted by Gasteiger charge is -1.89. The molecule has 0 spiro atoms. The summed E-state index contributed by atoms with van der Waals surface area (Å²) in [6, 6.07) is 10.1. The molecule has 0 aliphatic rings. The van der Waals surface area contributed by atoms with Gasteiger partial charge >= 0.3 is 0 Å². The summed E-state index contributed by atoms with van der Waals surface area (Å²) in [5.41, 5.74) is 2.38. The van der Waals surface area contributed by atoms with Gasteiger partial charge in [0.15, 0.2) is 0 Å². The highest BCUT2D eigenvalue weighted by molar-refractivity contribution is 14.1. The first-order chi connectivity index (χ1) is 7.68. The SMILES string of the molecule is Cc1sc(C#Cc2ccccc2)c(C)c1I. The van der Waals surface area contributed by atoms with Crippen LogP contribution in [0.25, 0.3) is 0 Å². The Hall–Kier alpha value is -0.790. The summed E-state index contributed by atoms with van der Waals surface area (Å²) in [6.07, 6.45) is 0. The third-order valence-corrected chi connectivity index (χ3v) is 5.44. The predicted molar refractivity (Wildman–Crippen MR) is 78.9 cm³/mol. The fourth-order valence-corrected chi connectivity index (χ4v) is 3.10. The Bertz CT molecular complexity index is 556. The normalized spacial score (nSPS) is 9.69. The van der Waals surface area contributed by atoms with Gasteiger partial charge in [-0.15, -0.1) is 11.3 Å². The van der Waals surface area contributed by atoms with Crippen LogP contribution in [-0.2, 0) is 0 Å². The van der Waals surface area contributed by atoms with Crippen molar-refractivity contribution >= 4 is 33.9 Å². The van der Waals surface area contributed by atoms with Crippen LogP contribution in [-0.4, -0.2) is 0 Å². The lowest BCUT2D eigenvalue weighted by Crippen LogP contribution is -1.76. The highest BCUT2D eigenvalue weighted by atomic mass is 127. The van der Waals surface area contributed by atoms with Crippen molar-refractivity contribution in [2.75, 3.05) is 0 Å². The van der Waals surface area contributed by atoms with E-state index in [4.69, 9.17) is 0 Å². The maximum absolute atomic E-state index is 3.25. The second-order valence-corrected chi connectivity index (χ2v) is 5.85. The maximum Gasteiger partial charge on any atom is 0.0815 e. The second-order valence-electron chi connectivity index (χ2n) is 3.54.